The molecule has 5 rings (SSSR count). The summed E-state index contributed by atoms with van der Waals surface area (Å²) in [7, 11) is 0. The zero-order valence-corrected chi connectivity index (χ0v) is 19.8. The second kappa shape index (κ2) is 8.37. The minimum Gasteiger partial charge on any atom is -0.316 e. The van der Waals surface area contributed by atoms with Crippen molar-refractivity contribution in [2.24, 2.45) is 5.92 Å². The Morgan fingerprint density at radius 1 is 1.03 bits per heavy atom. The summed E-state index contributed by atoms with van der Waals surface area (Å²) in [4.78, 5) is 0. The van der Waals surface area contributed by atoms with E-state index in [1.54, 1.807) is 0 Å². The average molecular weight is 426 g/mol. The number of aromatic nitrogens is 2. The molecule has 0 aliphatic carbocycles. The fraction of sp³-hybridized carbons (Fsp3) is 0.414. The van der Waals surface area contributed by atoms with Gasteiger partial charge in [-0.1, -0.05) is 82.3 Å². The molecule has 4 aromatic rings. The zero-order chi connectivity index (χ0) is 22.3. The van der Waals surface area contributed by atoms with E-state index in [0.29, 0.717) is 17.9 Å². The Morgan fingerprint density at radius 3 is 2.69 bits per heavy atom. The number of hydrogen-bond acceptors (Lipinski definition) is 2. The highest BCUT2D eigenvalue weighted by atomic mass is 15.3. The molecule has 0 amide bonds. The summed E-state index contributed by atoms with van der Waals surface area (Å²) in [5.74, 6) is 1.06. The maximum atomic E-state index is 4.91. The second-order valence-electron chi connectivity index (χ2n) is 10.6. The smallest absolute Gasteiger partial charge is 0.0688 e. The summed E-state index contributed by atoms with van der Waals surface area (Å²) >= 11 is 0. The van der Waals surface area contributed by atoms with E-state index in [4.69, 9.17) is 5.10 Å². The van der Waals surface area contributed by atoms with E-state index in [0.717, 1.165) is 25.9 Å². The summed E-state index contributed by atoms with van der Waals surface area (Å²) < 4.78 is 2.34. The molecular weight excluding hydrogens is 390 g/mol. The number of benzene rings is 3. The summed E-state index contributed by atoms with van der Waals surface area (Å²) in [5, 5.41) is 12.5. The predicted molar refractivity (Wildman–Crippen MR) is 135 cm³/mol. The van der Waals surface area contributed by atoms with Crippen molar-refractivity contribution in [3.05, 3.63) is 78.0 Å². The molecule has 2 heterocycles. The monoisotopic (exact) mass is 425 g/mol. The van der Waals surface area contributed by atoms with Gasteiger partial charge in [-0.15, -0.1) is 0 Å². The van der Waals surface area contributed by atoms with Crippen molar-refractivity contribution in [2.75, 3.05) is 13.1 Å². The topological polar surface area (TPSA) is 29.9 Å². The Balaban J connectivity index is 1.47. The predicted octanol–water partition coefficient (Wildman–Crippen LogP) is 6.83. The van der Waals surface area contributed by atoms with E-state index in [1.165, 1.54) is 32.8 Å². The first-order chi connectivity index (χ1) is 15.4. The summed E-state index contributed by atoms with van der Waals surface area (Å²) in [6.45, 7) is 11.4. The van der Waals surface area contributed by atoms with Crippen LogP contribution in [0.25, 0.3) is 21.7 Å². The summed E-state index contributed by atoms with van der Waals surface area (Å²) in [5.41, 5.74) is 4.26. The third-order valence-electron chi connectivity index (χ3n) is 7.36. The number of hydrogen-bond donors (Lipinski definition) is 1. The maximum Gasteiger partial charge on any atom is 0.0688 e. The largest absolute Gasteiger partial charge is 0.316 e. The standard InChI is InChI=1S/C29H35N3/c1-20(25-11-7-9-21-8-5-6-10-26(21)25)16-23-18-30-15-14-27(23)32-28-17-24(29(2,3)4)13-12-22(28)19-31-32/h5-13,17,19-20,23,27,30H,14-16,18H2,1-4H3. The van der Waals surface area contributed by atoms with Gasteiger partial charge in [0.05, 0.1) is 17.8 Å². The van der Waals surface area contributed by atoms with Gasteiger partial charge < -0.3 is 5.32 Å². The molecule has 1 fully saturated rings. The van der Waals surface area contributed by atoms with Crippen molar-refractivity contribution >= 4 is 21.7 Å². The van der Waals surface area contributed by atoms with Gasteiger partial charge in [0.1, 0.15) is 0 Å². The van der Waals surface area contributed by atoms with Crippen LogP contribution in [0, 0.1) is 5.92 Å². The molecular formula is C29H35N3. The van der Waals surface area contributed by atoms with E-state index in [9.17, 15) is 0 Å². The first-order valence-corrected chi connectivity index (χ1v) is 12.1. The SMILES string of the molecule is CC(CC1CNCCC1n1ncc2ccc(C(C)(C)C)cc21)c1cccc2ccccc12. The number of rotatable bonds is 4. The Morgan fingerprint density at radius 2 is 1.84 bits per heavy atom. The Hall–Kier alpha value is -2.65. The molecule has 0 spiro atoms. The van der Waals surface area contributed by atoms with Gasteiger partial charge in [-0.05, 0) is 64.6 Å². The Bertz CT molecular complexity index is 1220. The quantitative estimate of drug-likeness (QED) is 0.388. The van der Waals surface area contributed by atoms with Crippen molar-refractivity contribution in [2.45, 2.75) is 57.9 Å². The van der Waals surface area contributed by atoms with E-state index >= 15 is 0 Å². The molecule has 3 aromatic carbocycles. The van der Waals surface area contributed by atoms with Crippen LogP contribution in [0.15, 0.2) is 66.9 Å². The van der Waals surface area contributed by atoms with Crippen molar-refractivity contribution in [3.8, 4) is 0 Å². The fourth-order valence-corrected chi connectivity index (χ4v) is 5.50. The number of fused-ring (bicyclic) bond motifs is 2. The van der Waals surface area contributed by atoms with Gasteiger partial charge in [0.2, 0.25) is 0 Å². The maximum absolute atomic E-state index is 4.91. The molecule has 1 saturated heterocycles. The number of nitrogens with zero attached hydrogens (tertiary/aromatic N) is 2. The van der Waals surface area contributed by atoms with Crippen molar-refractivity contribution in [3.63, 3.8) is 0 Å². The fourth-order valence-electron chi connectivity index (χ4n) is 5.50. The lowest BCUT2D eigenvalue weighted by Crippen LogP contribution is -2.38. The van der Waals surface area contributed by atoms with Gasteiger partial charge >= 0.3 is 0 Å². The molecule has 3 unspecified atom stereocenters. The van der Waals surface area contributed by atoms with Gasteiger partial charge in [0.15, 0.2) is 0 Å². The van der Waals surface area contributed by atoms with E-state index in [-0.39, 0.29) is 5.41 Å². The molecule has 0 saturated carbocycles. The van der Waals surface area contributed by atoms with Crippen LogP contribution in [0.2, 0.25) is 0 Å². The van der Waals surface area contributed by atoms with Crippen LogP contribution in [-0.2, 0) is 5.41 Å². The zero-order valence-electron chi connectivity index (χ0n) is 19.8. The average Bonchev–Trinajstić information content (AvgIpc) is 3.21. The molecule has 1 N–H and O–H groups in total. The molecule has 0 bridgehead atoms. The van der Waals surface area contributed by atoms with Gasteiger partial charge in [0, 0.05) is 11.9 Å². The summed E-state index contributed by atoms with van der Waals surface area (Å²) in [6, 6.07) is 22.8. The molecule has 0 radical (unpaired) electrons. The molecule has 166 valence electrons. The lowest BCUT2D eigenvalue weighted by atomic mass is 9.82. The third-order valence-corrected chi connectivity index (χ3v) is 7.36. The van der Waals surface area contributed by atoms with Gasteiger partial charge in [-0.2, -0.15) is 5.10 Å². The second-order valence-corrected chi connectivity index (χ2v) is 10.6. The minimum absolute atomic E-state index is 0.139. The molecule has 3 heteroatoms. The van der Waals surface area contributed by atoms with E-state index in [1.807, 2.05) is 0 Å². The Labute approximate surface area is 191 Å². The van der Waals surface area contributed by atoms with E-state index < -0.39 is 0 Å². The van der Waals surface area contributed by atoms with Crippen molar-refractivity contribution < 1.29 is 0 Å². The van der Waals surface area contributed by atoms with Gasteiger partial charge in [-0.25, -0.2) is 0 Å². The molecule has 1 aromatic heterocycles. The minimum atomic E-state index is 0.139. The highest BCUT2D eigenvalue weighted by molar-refractivity contribution is 5.86. The van der Waals surface area contributed by atoms with Gasteiger partial charge in [0.25, 0.3) is 0 Å². The normalized spacial score (nSPS) is 20.6. The molecule has 1 aliphatic rings. The van der Waals surface area contributed by atoms with Crippen molar-refractivity contribution in [1.82, 2.24) is 15.1 Å². The van der Waals surface area contributed by atoms with Gasteiger partial charge in [-0.3, -0.25) is 4.68 Å². The first-order valence-electron chi connectivity index (χ1n) is 12.1. The third kappa shape index (κ3) is 3.95. The van der Waals surface area contributed by atoms with Crippen LogP contribution in [0.4, 0.5) is 0 Å². The summed E-state index contributed by atoms with van der Waals surface area (Å²) in [6.07, 6.45) is 4.34. The Kier molecular flexibility index (Phi) is 5.54. The van der Waals surface area contributed by atoms with Crippen molar-refractivity contribution in [1.29, 1.82) is 0 Å². The van der Waals surface area contributed by atoms with Crippen LogP contribution in [0.5, 0.6) is 0 Å². The lowest BCUT2D eigenvalue weighted by Gasteiger charge is -2.35. The van der Waals surface area contributed by atoms with Crippen LogP contribution >= 0.6 is 0 Å². The van der Waals surface area contributed by atoms with Crippen LogP contribution in [-0.4, -0.2) is 22.9 Å². The van der Waals surface area contributed by atoms with Crippen LogP contribution in [0.1, 0.15) is 63.6 Å². The highest BCUT2D eigenvalue weighted by Crippen LogP contribution is 2.37. The molecule has 3 atom stereocenters. The van der Waals surface area contributed by atoms with E-state index in [2.05, 4.69) is 105 Å². The first kappa shape index (κ1) is 21.2. The number of piperidine rings is 1. The molecule has 1 aliphatic heterocycles. The molecule has 3 nitrogen and oxygen atoms in total. The van der Waals surface area contributed by atoms with Crippen LogP contribution < -0.4 is 5.32 Å². The van der Waals surface area contributed by atoms with Crippen LogP contribution in [0.3, 0.4) is 0 Å². The molecule has 32 heavy (non-hydrogen) atoms. The number of nitrogens with one attached hydrogen (secondary N) is 1. The lowest BCUT2D eigenvalue weighted by molar-refractivity contribution is 0.223. The highest BCUT2D eigenvalue weighted by Gasteiger charge is 2.30.